The highest BCUT2D eigenvalue weighted by Crippen LogP contribution is 2.14. The van der Waals surface area contributed by atoms with Crippen LogP contribution in [0.15, 0.2) is 29.0 Å². The molecule has 0 bridgehead atoms. The molecule has 0 aliphatic carbocycles. The average molecular weight is 189 g/mol. The number of nitrogens with zero attached hydrogens (tertiary/aromatic N) is 3. The van der Waals surface area contributed by atoms with Gasteiger partial charge in [-0.05, 0) is 6.07 Å². The highest BCUT2D eigenvalue weighted by Gasteiger charge is 2.10. The molecular formula is C9H7N3O2. The lowest BCUT2D eigenvalue weighted by Gasteiger charge is -1.89. The van der Waals surface area contributed by atoms with Crippen LogP contribution in [-0.2, 0) is 0 Å². The summed E-state index contributed by atoms with van der Waals surface area (Å²) >= 11 is 0. The molecule has 14 heavy (non-hydrogen) atoms. The van der Waals surface area contributed by atoms with Gasteiger partial charge in [-0.2, -0.15) is 0 Å². The molecule has 2 aromatic rings. The zero-order chi connectivity index (χ0) is 9.97. The fourth-order valence-electron chi connectivity index (χ4n) is 0.973. The lowest BCUT2D eigenvalue weighted by molar-refractivity contribution is 0.100. The molecular weight excluding hydrogens is 182 g/mol. The van der Waals surface area contributed by atoms with E-state index in [1.807, 2.05) is 0 Å². The lowest BCUT2D eigenvalue weighted by Crippen LogP contribution is -1.89. The Morgan fingerprint density at radius 2 is 2.07 bits per heavy atom. The third kappa shape index (κ3) is 1.52. The minimum Gasteiger partial charge on any atom is -0.352 e. The number of hydrogen-bond donors (Lipinski definition) is 0. The van der Waals surface area contributed by atoms with Gasteiger partial charge in [0.1, 0.15) is 5.69 Å². The number of carbonyl (C=O) groups excluding carboxylic acids is 1. The molecule has 0 fully saturated rings. The van der Waals surface area contributed by atoms with Crippen LogP contribution in [0.3, 0.4) is 0 Å². The molecule has 70 valence electrons. The van der Waals surface area contributed by atoms with Gasteiger partial charge in [-0.15, -0.1) is 0 Å². The Morgan fingerprint density at radius 1 is 1.36 bits per heavy atom. The van der Waals surface area contributed by atoms with Crippen LogP contribution in [0.1, 0.15) is 17.4 Å². The van der Waals surface area contributed by atoms with E-state index in [1.54, 1.807) is 18.5 Å². The molecule has 0 N–H and O–H groups in total. The van der Waals surface area contributed by atoms with E-state index in [0.717, 1.165) is 0 Å². The molecule has 0 spiro atoms. The van der Waals surface area contributed by atoms with E-state index in [0.29, 0.717) is 11.6 Å². The van der Waals surface area contributed by atoms with Crippen molar-refractivity contribution in [2.45, 2.75) is 6.92 Å². The van der Waals surface area contributed by atoms with Gasteiger partial charge in [-0.25, -0.2) is 9.97 Å². The predicted molar refractivity (Wildman–Crippen MR) is 47.5 cm³/mol. The Kier molecular flexibility index (Phi) is 2.06. The molecule has 0 atom stereocenters. The van der Waals surface area contributed by atoms with Crippen molar-refractivity contribution in [1.82, 2.24) is 15.1 Å². The molecule has 5 nitrogen and oxygen atoms in total. The number of aromatic nitrogens is 3. The minimum absolute atomic E-state index is 0.143. The number of rotatable bonds is 2. The second-order valence-corrected chi connectivity index (χ2v) is 2.70. The molecule has 0 unspecified atom stereocenters. The second-order valence-electron chi connectivity index (χ2n) is 2.70. The van der Waals surface area contributed by atoms with Crippen molar-refractivity contribution in [2.75, 3.05) is 0 Å². The standard InChI is InChI=1S/C9H7N3O2/c1-6(13)7-5-8(14-12-7)9-10-3-2-4-11-9/h2-5H,1H3. The van der Waals surface area contributed by atoms with Crippen LogP contribution in [0.2, 0.25) is 0 Å². The number of hydrogen-bond acceptors (Lipinski definition) is 5. The van der Waals surface area contributed by atoms with Gasteiger partial charge < -0.3 is 4.52 Å². The number of ketones is 1. The molecule has 0 saturated carbocycles. The van der Waals surface area contributed by atoms with Crippen molar-refractivity contribution in [1.29, 1.82) is 0 Å². The summed E-state index contributed by atoms with van der Waals surface area (Å²) in [4.78, 5) is 18.9. The summed E-state index contributed by atoms with van der Waals surface area (Å²) in [6.07, 6.45) is 3.19. The normalized spacial score (nSPS) is 10.1. The van der Waals surface area contributed by atoms with E-state index in [1.165, 1.54) is 13.0 Å². The van der Waals surface area contributed by atoms with E-state index in [-0.39, 0.29) is 11.5 Å². The Hall–Kier alpha value is -2.04. The van der Waals surface area contributed by atoms with Crippen molar-refractivity contribution >= 4 is 5.78 Å². The molecule has 0 amide bonds. The average Bonchev–Trinajstić information content (AvgIpc) is 2.68. The van der Waals surface area contributed by atoms with Crippen LogP contribution < -0.4 is 0 Å². The number of Topliss-reactive ketones (excluding diaryl/α,β-unsaturated/α-hetero) is 1. The maximum atomic E-state index is 10.9. The molecule has 0 aliphatic heterocycles. The van der Waals surface area contributed by atoms with Crippen LogP contribution in [-0.4, -0.2) is 20.9 Å². The first-order valence-corrected chi connectivity index (χ1v) is 4.02. The van der Waals surface area contributed by atoms with Gasteiger partial charge in [0.15, 0.2) is 11.6 Å². The fraction of sp³-hybridized carbons (Fsp3) is 0.111. The third-order valence-corrected chi connectivity index (χ3v) is 1.66. The molecule has 5 heteroatoms. The Labute approximate surface area is 79.8 Å². The van der Waals surface area contributed by atoms with Gasteiger partial charge >= 0.3 is 0 Å². The van der Waals surface area contributed by atoms with Crippen molar-refractivity contribution in [3.63, 3.8) is 0 Å². The Bertz CT molecular complexity index is 450. The van der Waals surface area contributed by atoms with Crippen LogP contribution in [0.4, 0.5) is 0 Å². The quantitative estimate of drug-likeness (QED) is 0.666. The summed E-state index contributed by atoms with van der Waals surface area (Å²) < 4.78 is 4.92. The van der Waals surface area contributed by atoms with Crippen LogP contribution in [0, 0.1) is 0 Å². The first-order chi connectivity index (χ1) is 6.77. The first kappa shape index (κ1) is 8.55. The van der Waals surface area contributed by atoms with Gasteiger partial charge in [-0.3, -0.25) is 4.79 Å². The molecule has 2 aromatic heterocycles. The van der Waals surface area contributed by atoms with E-state index < -0.39 is 0 Å². The molecule has 0 aliphatic rings. The highest BCUT2D eigenvalue weighted by molar-refractivity contribution is 5.92. The monoisotopic (exact) mass is 189 g/mol. The third-order valence-electron chi connectivity index (χ3n) is 1.66. The van der Waals surface area contributed by atoms with Crippen molar-refractivity contribution in [3.05, 3.63) is 30.2 Å². The second kappa shape index (κ2) is 3.37. The van der Waals surface area contributed by atoms with Gasteiger partial charge in [0.2, 0.25) is 5.76 Å². The fourth-order valence-corrected chi connectivity index (χ4v) is 0.973. The van der Waals surface area contributed by atoms with Gasteiger partial charge in [0.25, 0.3) is 0 Å². The summed E-state index contributed by atoms with van der Waals surface area (Å²) in [5, 5.41) is 3.59. The van der Waals surface area contributed by atoms with Crippen molar-refractivity contribution < 1.29 is 9.32 Å². The summed E-state index contributed by atoms with van der Waals surface area (Å²) in [6, 6.07) is 3.23. The Balaban J connectivity index is 2.39. The molecule has 2 rings (SSSR count). The molecule has 0 aromatic carbocycles. The summed E-state index contributed by atoms with van der Waals surface area (Å²) in [5.41, 5.74) is 0.285. The predicted octanol–water partition coefficient (Wildman–Crippen LogP) is 1.33. The molecule has 2 heterocycles. The van der Waals surface area contributed by atoms with E-state index in [2.05, 4.69) is 15.1 Å². The lowest BCUT2D eigenvalue weighted by atomic mass is 10.3. The van der Waals surface area contributed by atoms with E-state index in [9.17, 15) is 4.79 Å². The van der Waals surface area contributed by atoms with Crippen LogP contribution in [0.25, 0.3) is 11.6 Å². The molecule has 0 radical (unpaired) electrons. The maximum absolute atomic E-state index is 10.9. The zero-order valence-corrected chi connectivity index (χ0v) is 7.47. The first-order valence-electron chi connectivity index (χ1n) is 4.02. The summed E-state index contributed by atoms with van der Waals surface area (Å²) in [6.45, 7) is 1.42. The zero-order valence-electron chi connectivity index (χ0n) is 7.47. The topological polar surface area (TPSA) is 68.9 Å². The van der Waals surface area contributed by atoms with Gasteiger partial charge in [-0.1, -0.05) is 5.16 Å². The number of carbonyl (C=O) groups is 1. The summed E-state index contributed by atoms with van der Waals surface area (Å²) in [5.74, 6) is 0.680. The summed E-state index contributed by atoms with van der Waals surface area (Å²) in [7, 11) is 0. The van der Waals surface area contributed by atoms with Crippen molar-refractivity contribution in [3.8, 4) is 11.6 Å². The SMILES string of the molecule is CC(=O)c1cc(-c2ncccn2)on1. The van der Waals surface area contributed by atoms with Crippen LogP contribution >= 0.6 is 0 Å². The minimum atomic E-state index is -0.143. The maximum Gasteiger partial charge on any atom is 0.204 e. The smallest absolute Gasteiger partial charge is 0.204 e. The highest BCUT2D eigenvalue weighted by atomic mass is 16.5. The van der Waals surface area contributed by atoms with Crippen LogP contribution in [0.5, 0.6) is 0 Å². The van der Waals surface area contributed by atoms with Gasteiger partial charge in [0.05, 0.1) is 0 Å². The van der Waals surface area contributed by atoms with Crippen molar-refractivity contribution in [2.24, 2.45) is 0 Å². The Morgan fingerprint density at radius 3 is 2.64 bits per heavy atom. The van der Waals surface area contributed by atoms with E-state index in [4.69, 9.17) is 4.52 Å². The molecule has 0 saturated heterocycles. The van der Waals surface area contributed by atoms with E-state index >= 15 is 0 Å². The van der Waals surface area contributed by atoms with Gasteiger partial charge in [0, 0.05) is 25.4 Å². The largest absolute Gasteiger partial charge is 0.352 e.